The SMILES string of the molecule is CN(C)C=O.Cc1cc(C)c(C)o1. The Morgan fingerprint density at radius 3 is 1.85 bits per heavy atom. The molecule has 0 fully saturated rings. The maximum absolute atomic E-state index is 9.43. The smallest absolute Gasteiger partial charge is 0.209 e. The van der Waals surface area contributed by atoms with Gasteiger partial charge >= 0.3 is 0 Å². The van der Waals surface area contributed by atoms with Gasteiger partial charge in [0.25, 0.3) is 0 Å². The molecule has 0 saturated carbocycles. The van der Waals surface area contributed by atoms with E-state index in [4.69, 9.17) is 4.42 Å². The van der Waals surface area contributed by atoms with Crippen LogP contribution in [0.2, 0.25) is 0 Å². The van der Waals surface area contributed by atoms with Gasteiger partial charge in [-0.3, -0.25) is 4.79 Å². The molecule has 1 rings (SSSR count). The number of hydrogen-bond acceptors (Lipinski definition) is 2. The summed E-state index contributed by atoms with van der Waals surface area (Å²) in [4.78, 5) is 10.9. The highest BCUT2D eigenvalue weighted by Crippen LogP contribution is 2.10. The fourth-order valence-corrected chi connectivity index (χ4v) is 0.758. The molecule has 0 atom stereocenters. The molecule has 13 heavy (non-hydrogen) atoms. The Morgan fingerprint density at radius 2 is 1.77 bits per heavy atom. The van der Waals surface area contributed by atoms with Crippen LogP contribution in [0.1, 0.15) is 17.1 Å². The van der Waals surface area contributed by atoms with Crippen molar-refractivity contribution in [3.8, 4) is 0 Å². The van der Waals surface area contributed by atoms with Crippen molar-refractivity contribution in [1.29, 1.82) is 0 Å². The summed E-state index contributed by atoms with van der Waals surface area (Å²) in [7, 11) is 3.38. The quantitative estimate of drug-likeness (QED) is 0.623. The highest BCUT2D eigenvalue weighted by atomic mass is 16.3. The first kappa shape index (κ1) is 11.8. The van der Waals surface area contributed by atoms with Gasteiger partial charge < -0.3 is 9.32 Å². The van der Waals surface area contributed by atoms with Gasteiger partial charge in [-0.05, 0) is 32.4 Å². The van der Waals surface area contributed by atoms with Crippen molar-refractivity contribution in [2.75, 3.05) is 14.1 Å². The molecule has 0 aliphatic carbocycles. The molecular weight excluding hydrogens is 166 g/mol. The molecule has 0 N–H and O–H groups in total. The summed E-state index contributed by atoms with van der Waals surface area (Å²) in [6, 6.07) is 2.04. The van der Waals surface area contributed by atoms with Crippen molar-refractivity contribution in [1.82, 2.24) is 4.90 Å². The summed E-state index contributed by atoms with van der Waals surface area (Å²) in [5.74, 6) is 2.03. The predicted molar refractivity (Wildman–Crippen MR) is 52.7 cm³/mol. The molecule has 0 spiro atoms. The van der Waals surface area contributed by atoms with Crippen molar-refractivity contribution >= 4 is 6.41 Å². The number of carbonyl (C=O) groups excluding carboxylic acids is 1. The zero-order chi connectivity index (χ0) is 10.4. The molecule has 0 aliphatic rings. The average molecular weight is 183 g/mol. The van der Waals surface area contributed by atoms with Crippen molar-refractivity contribution in [3.63, 3.8) is 0 Å². The van der Waals surface area contributed by atoms with Crippen molar-refractivity contribution in [2.45, 2.75) is 20.8 Å². The van der Waals surface area contributed by atoms with E-state index in [1.807, 2.05) is 26.8 Å². The molecule has 0 radical (unpaired) electrons. The van der Waals surface area contributed by atoms with Gasteiger partial charge in [-0.25, -0.2) is 0 Å². The topological polar surface area (TPSA) is 33.5 Å². The van der Waals surface area contributed by atoms with E-state index >= 15 is 0 Å². The van der Waals surface area contributed by atoms with Gasteiger partial charge in [-0.2, -0.15) is 0 Å². The van der Waals surface area contributed by atoms with Crippen molar-refractivity contribution in [3.05, 3.63) is 23.2 Å². The third kappa shape index (κ3) is 5.06. The van der Waals surface area contributed by atoms with E-state index in [9.17, 15) is 4.79 Å². The molecule has 1 heterocycles. The zero-order valence-corrected chi connectivity index (χ0v) is 8.92. The Balaban J connectivity index is 0.000000252. The standard InChI is InChI=1S/C7H10O.C3H7NO/c1-5-4-6(2)8-7(5)3;1-4(2)3-5/h4H,1-3H3;3H,1-2H3. The molecule has 0 aromatic carbocycles. The first-order valence-corrected chi connectivity index (χ1v) is 4.12. The predicted octanol–water partition coefficient (Wildman–Crippen LogP) is 1.91. The van der Waals surface area contributed by atoms with Gasteiger partial charge in [-0.1, -0.05) is 0 Å². The molecule has 1 amide bonds. The number of nitrogens with zero attached hydrogens (tertiary/aromatic N) is 1. The fourth-order valence-electron chi connectivity index (χ4n) is 0.758. The van der Waals surface area contributed by atoms with E-state index in [-0.39, 0.29) is 0 Å². The van der Waals surface area contributed by atoms with Crippen molar-refractivity contribution in [2.24, 2.45) is 0 Å². The van der Waals surface area contributed by atoms with Crippen LogP contribution in [-0.4, -0.2) is 25.4 Å². The first-order chi connectivity index (χ1) is 5.97. The third-order valence-corrected chi connectivity index (χ3v) is 1.50. The zero-order valence-electron chi connectivity index (χ0n) is 8.92. The fraction of sp³-hybridized carbons (Fsp3) is 0.500. The minimum atomic E-state index is 0.750. The van der Waals surface area contributed by atoms with Crippen LogP contribution in [0.4, 0.5) is 0 Å². The molecule has 1 aromatic heterocycles. The monoisotopic (exact) mass is 183 g/mol. The minimum absolute atomic E-state index is 0.750. The second kappa shape index (κ2) is 5.41. The Morgan fingerprint density at radius 1 is 1.31 bits per heavy atom. The Bertz CT molecular complexity index is 244. The number of carbonyl (C=O) groups is 1. The van der Waals surface area contributed by atoms with E-state index < -0.39 is 0 Å². The molecule has 0 aliphatic heterocycles. The lowest BCUT2D eigenvalue weighted by molar-refractivity contribution is -0.115. The summed E-state index contributed by atoms with van der Waals surface area (Å²) in [5.41, 5.74) is 1.24. The molecular formula is C10H17NO2. The lowest BCUT2D eigenvalue weighted by Crippen LogP contribution is -2.06. The van der Waals surface area contributed by atoms with Crippen LogP contribution in [0.15, 0.2) is 10.5 Å². The number of amides is 1. The van der Waals surface area contributed by atoms with Crippen LogP contribution in [-0.2, 0) is 4.79 Å². The number of hydrogen-bond donors (Lipinski definition) is 0. The summed E-state index contributed by atoms with van der Waals surface area (Å²) >= 11 is 0. The Kier molecular flexibility index (Phi) is 4.89. The molecule has 3 heteroatoms. The van der Waals surface area contributed by atoms with Gasteiger partial charge in [0.15, 0.2) is 0 Å². The normalized spacial score (nSPS) is 8.69. The summed E-state index contributed by atoms with van der Waals surface area (Å²) in [6.45, 7) is 5.98. The van der Waals surface area contributed by atoms with Crippen LogP contribution in [0.25, 0.3) is 0 Å². The Labute approximate surface area is 79.3 Å². The second-order valence-electron chi connectivity index (χ2n) is 3.17. The number of rotatable bonds is 1. The summed E-state index contributed by atoms with van der Waals surface area (Å²) in [5, 5.41) is 0. The van der Waals surface area contributed by atoms with Crippen molar-refractivity contribution < 1.29 is 9.21 Å². The van der Waals surface area contributed by atoms with Crippen LogP contribution in [0.5, 0.6) is 0 Å². The van der Waals surface area contributed by atoms with Gasteiger partial charge in [0.1, 0.15) is 11.5 Å². The minimum Gasteiger partial charge on any atom is -0.466 e. The van der Waals surface area contributed by atoms with Crippen LogP contribution in [0.3, 0.4) is 0 Å². The molecule has 74 valence electrons. The second-order valence-corrected chi connectivity index (χ2v) is 3.17. The van der Waals surface area contributed by atoms with Crippen LogP contribution >= 0.6 is 0 Å². The van der Waals surface area contributed by atoms with Gasteiger partial charge in [0, 0.05) is 14.1 Å². The average Bonchev–Trinajstić information content (AvgIpc) is 2.31. The maximum Gasteiger partial charge on any atom is 0.209 e. The molecule has 1 aromatic rings. The maximum atomic E-state index is 9.43. The lowest BCUT2D eigenvalue weighted by atomic mass is 10.3. The van der Waals surface area contributed by atoms with E-state index in [0.717, 1.165) is 17.9 Å². The molecule has 0 unspecified atom stereocenters. The number of furan rings is 1. The van der Waals surface area contributed by atoms with Crippen LogP contribution < -0.4 is 0 Å². The molecule has 0 bridgehead atoms. The lowest BCUT2D eigenvalue weighted by Gasteiger charge is -1.93. The number of aryl methyl sites for hydroxylation is 3. The first-order valence-electron chi connectivity index (χ1n) is 4.12. The molecule has 3 nitrogen and oxygen atoms in total. The molecule has 0 saturated heterocycles. The van der Waals surface area contributed by atoms with E-state index in [0.29, 0.717) is 0 Å². The highest BCUT2D eigenvalue weighted by Gasteiger charge is 1.95. The largest absolute Gasteiger partial charge is 0.466 e. The van der Waals surface area contributed by atoms with Gasteiger partial charge in [-0.15, -0.1) is 0 Å². The van der Waals surface area contributed by atoms with E-state index in [2.05, 4.69) is 0 Å². The van der Waals surface area contributed by atoms with Crippen LogP contribution in [0, 0.1) is 20.8 Å². The third-order valence-electron chi connectivity index (χ3n) is 1.50. The highest BCUT2D eigenvalue weighted by molar-refractivity contribution is 5.45. The summed E-state index contributed by atoms with van der Waals surface area (Å²) in [6.07, 6.45) is 0.750. The Hall–Kier alpha value is -1.25. The van der Waals surface area contributed by atoms with Gasteiger partial charge in [0.2, 0.25) is 6.41 Å². The van der Waals surface area contributed by atoms with E-state index in [1.54, 1.807) is 14.1 Å². The van der Waals surface area contributed by atoms with E-state index in [1.165, 1.54) is 10.5 Å². The van der Waals surface area contributed by atoms with Gasteiger partial charge in [0.05, 0.1) is 0 Å². The summed E-state index contributed by atoms with van der Waals surface area (Å²) < 4.78 is 5.21.